The maximum Gasteiger partial charge on any atom is 0.251 e. The van der Waals surface area contributed by atoms with Gasteiger partial charge in [0.25, 0.3) is 5.91 Å². The third-order valence-corrected chi connectivity index (χ3v) is 5.54. The number of nitrogens with one attached hydrogen (secondary N) is 2. The molecule has 0 saturated heterocycles. The molecule has 142 valence electrons. The van der Waals surface area contributed by atoms with E-state index in [-0.39, 0.29) is 18.0 Å². The predicted octanol–water partition coefficient (Wildman–Crippen LogP) is 4.95. The van der Waals surface area contributed by atoms with E-state index in [2.05, 4.69) is 47.9 Å². The van der Waals surface area contributed by atoms with Crippen LogP contribution in [0.25, 0.3) is 0 Å². The highest BCUT2D eigenvalue weighted by molar-refractivity contribution is 5.96. The Bertz CT molecular complexity index is 937. The fraction of sp³-hybridized carbons (Fsp3) is 0.240. The Morgan fingerprint density at radius 1 is 0.964 bits per heavy atom. The van der Waals surface area contributed by atoms with Gasteiger partial charge < -0.3 is 10.6 Å². The summed E-state index contributed by atoms with van der Waals surface area (Å²) in [5.74, 6) is 0.00164. The molecule has 0 radical (unpaired) electrons. The minimum atomic E-state index is 0.00164. The average molecular weight is 370 g/mol. The fourth-order valence-electron chi connectivity index (χ4n) is 4.06. The number of hydrogen-bond acceptors (Lipinski definition) is 2. The molecular formula is C25H26N2O. The van der Waals surface area contributed by atoms with Crippen LogP contribution in [0.3, 0.4) is 0 Å². The number of amides is 1. The van der Waals surface area contributed by atoms with Crippen LogP contribution in [0.2, 0.25) is 0 Å². The van der Waals surface area contributed by atoms with Gasteiger partial charge >= 0.3 is 0 Å². The Labute approximate surface area is 166 Å². The summed E-state index contributed by atoms with van der Waals surface area (Å²) in [5.41, 5.74) is 5.61. The predicted molar refractivity (Wildman–Crippen MR) is 113 cm³/mol. The van der Waals surface area contributed by atoms with Crippen LogP contribution in [0.5, 0.6) is 0 Å². The van der Waals surface area contributed by atoms with Gasteiger partial charge in [0.2, 0.25) is 0 Å². The lowest BCUT2D eigenvalue weighted by atomic mass is 9.98. The molecule has 0 saturated carbocycles. The van der Waals surface area contributed by atoms with Crippen LogP contribution in [0.1, 0.15) is 58.0 Å². The zero-order chi connectivity index (χ0) is 19.3. The van der Waals surface area contributed by atoms with Crippen molar-refractivity contribution in [3.63, 3.8) is 0 Å². The largest absolute Gasteiger partial charge is 0.348 e. The first-order valence-electron chi connectivity index (χ1n) is 9.97. The van der Waals surface area contributed by atoms with Gasteiger partial charge in [-0.25, -0.2) is 0 Å². The van der Waals surface area contributed by atoms with Crippen molar-refractivity contribution in [2.24, 2.45) is 0 Å². The normalized spacial score (nSPS) is 16.4. The molecule has 2 atom stereocenters. The average Bonchev–Trinajstić information content (AvgIpc) is 3.16. The standard InChI is InChI=1S/C25H26N2O/c1-18(20-11-6-3-7-12-20)27-23-16-15-21-13-8-14-22(24(21)23)25(28)26-17-19-9-4-2-5-10-19/h2-14,18,23,27H,15-17H2,1H3,(H,26,28)/t18-,23-/m0/s1. The van der Waals surface area contributed by atoms with Crippen LogP contribution in [0.4, 0.5) is 0 Å². The van der Waals surface area contributed by atoms with E-state index in [4.69, 9.17) is 0 Å². The van der Waals surface area contributed by atoms with E-state index in [1.54, 1.807) is 0 Å². The number of rotatable bonds is 6. The van der Waals surface area contributed by atoms with Crippen LogP contribution in [-0.2, 0) is 13.0 Å². The highest BCUT2D eigenvalue weighted by atomic mass is 16.1. The minimum Gasteiger partial charge on any atom is -0.348 e. The van der Waals surface area contributed by atoms with Gasteiger partial charge in [-0.05, 0) is 48.1 Å². The highest BCUT2D eigenvalue weighted by Gasteiger charge is 2.28. The van der Waals surface area contributed by atoms with E-state index in [0.717, 1.165) is 29.5 Å². The van der Waals surface area contributed by atoms with E-state index in [1.807, 2.05) is 48.5 Å². The van der Waals surface area contributed by atoms with Crippen LogP contribution < -0.4 is 10.6 Å². The van der Waals surface area contributed by atoms with Gasteiger partial charge in [0.05, 0.1) is 0 Å². The molecule has 0 spiro atoms. The number of fused-ring (bicyclic) bond motifs is 1. The van der Waals surface area contributed by atoms with E-state index < -0.39 is 0 Å². The van der Waals surface area contributed by atoms with Gasteiger partial charge in [0, 0.05) is 24.2 Å². The molecular weight excluding hydrogens is 344 g/mol. The molecule has 0 aliphatic heterocycles. The first-order chi connectivity index (χ1) is 13.7. The summed E-state index contributed by atoms with van der Waals surface area (Å²) in [6, 6.07) is 27.0. The summed E-state index contributed by atoms with van der Waals surface area (Å²) in [4.78, 5) is 12.9. The first kappa shape index (κ1) is 18.5. The monoisotopic (exact) mass is 370 g/mol. The maximum absolute atomic E-state index is 12.9. The van der Waals surface area contributed by atoms with Crippen molar-refractivity contribution in [2.45, 2.75) is 38.4 Å². The van der Waals surface area contributed by atoms with Crippen LogP contribution in [0, 0.1) is 0 Å². The van der Waals surface area contributed by atoms with E-state index in [1.165, 1.54) is 11.1 Å². The zero-order valence-corrected chi connectivity index (χ0v) is 16.2. The van der Waals surface area contributed by atoms with Crippen molar-refractivity contribution in [2.75, 3.05) is 0 Å². The minimum absolute atomic E-state index is 0.00164. The Balaban J connectivity index is 1.51. The van der Waals surface area contributed by atoms with Crippen molar-refractivity contribution in [3.05, 3.63) is 107 Å². The molecule has 0 aromatic heterocycles. The molecule has 1 amide bonds. The lowest BCUT2D eigenvalue weighted by Gasteiger charge is -2.22. The molecule has 0 unspecified atom stereocenters. The van der Waals surface area contributed by atoms with Gasteiger partial charge in [-0.1, -0.05) is 72.8 Å². The number of carbonyl (C=O) groups is 1. The van der Waals surface area contributed by atoms with Crippen molar-refractivity contribution in [1.29, 1.82) is 0 Å². The number of benzene rings is 3. The second-order valence-corrected chi connectivity index (χ2v) is 7.44. The maximum atomic E-state index is 12.9. The Kier molecular flexibility index (Phi) is 5.54. The summed E-state index contributed by atoms with van der Waals surface area (Å²) < 4.78 is 0. The van der Waals surface area contributed by atoms with Gasteiger partial charge in [-0.2, -0.15) is 0 Å². The number of aryl methyl sites for hydroxylation is 1. The summed E-state index contributed by atoms with van der Waals surface area (Å²) in [5, 5.41) is 6.82. The molecule has 1 aliphatic rings. The molecule has 4 rings (SSSR count). The molecule has 0 bridgehead atoms. The SMILES string of the molecule is C[C@H](N[C@H]1CCc2cccc(C(=O)NCc3ccccc3)c21)c1ccccc1. The fourth-order valence-corrected chi connectivity index (χ4v) is 4.06. The lowest BCUT2D eigenvalue weighted by molar-refractivity contribution is 0.0949. The first-order valence-corrected chi connectivity index (χ1v) is 9.97. The number of hydrogen-bond donors (Lipinski definition) is 2. The zero-order valence-electron chi connectivity index (χ0n) is 16.2. The third kappa shape index (κ3) is 4.00. The molecule has 2 N–H and O–H groups in total. The molecule has 3 aromatic carbocycles. The second-order valence-electron chi connectivity index (χ2n) is 7.44. The van der Waals surface area contributed by atoms with E-state index in [0.29, 0.717) is 6.54 Å². The van der Waals surface area contributed by atoms with E-state index in [9.17, 15) is 4.79 Å². The summed E-state index contributed by atoms with van der Waals surface area (Å²) in [7, 11) is 0. The molecule has 3 nitrogen and oxygen atoms in total. The third-order valence-electron chi connectivity index (χ3n) is 5.54. The quantitative estimate of drug-likeness (QED) is 0.644. The van der Waals surface area contributed by atoms with Crippen LogP contribution in [0.15, 0.2) is 78.9 Å². The van der Waals surface area contributed by atoms with E-state index >= 15 is 0 Å². The topological polar surface area (TPSA) is 41.1 Å². The van der Waals surface area contributed by atoms with Crippen molar-refractivity contribution in [1.82, 2.24) is 10.6 Å². The summed E-state index contributed by atoms with van der Waals surface area (Å²) in [6.45, 7) is 2.73. The van der Waals surface area contributed by atoms with Gasteiger partial charge in [0.15, 0.2) is 0 Å². The van der Waals surface area contributed by atoms with Crippen molar-refractivity contribution >= 4 is 5.91 Å². The lowest BCUT2D eigenvalue weighted by Crippen LogP contribution is -2.28. The van der Waals surface area contributed by atoms with Gasteiger partial charge in [0.1, 0.15) is 0 Å². The molecule has 1 aliphatic carbocycles. The number of carbonyl (C=O) groups excluding carboxylic acids is 1. The summed E-state index contributed by atoms with van der Waals surface area (Å²) >= 11 is 0. The van der Waals surface area contributed by atoms with Crippen molar-refractivity contribution < 1.29 is 4.79 Å². The van der Waals surface area contributed by atoms with Gasteiger partial charge in [-0.15, -0.1) is 0 Å². The van der Waals surface area contributed by atoms with Crippen LogP contribution >= 0.6 is 0 Å². The molecule has 3 heteroatoms. The molecule has 3 aromatic rings. The Hall–Kier alpha value is -2.91. The molecule has 28 heavy (non-hydrogen) atoms. The Morgan fingerprint density at radius 2 is 1.68 bits per heavy atom. The van der Waals surface area contributed by atoms with Crippen molar-refractivity contribution in [3.8, 4) is 0 Å². The summed E-state index contributed by atoms with van der Waals surface area (Å²) in [6.07, 6.45) is 2.03. The highest BCUT2D eigenvalue weighted by Crippen LogP contribution is 2.35. The Morgan fingerprint density at radius 3 is 2.43 bits per heavy atom. The second kappa shape index (κ2) is 8.41. The molecule has 0 fully saturated rings. The van der Waals surface area contributed by atoms with Crippen LogP contribution in [-0.4, -0.2) is 5.91 Å². The molecule has 0 heterocycles. The smallest absolute Gasteiger partial charge is 0.251 e. The van der Waals surface area contributed by atoms with Gasteiger partial charge in [-0.3, -0.25) is 4.79 Å².